The zero-order valence-electron chi connectivity index (χ0n) is 17.9. The van der Waals surface area contributed by atoms with E-state index < -0.39 is 8.32 Å². The first kappa shape index (κ1) is 20.3. The molecule has 150 valence electrons. The predicted octanol–water partition coefficient (Wildman–Crippen LogP) is 5.08. The Morgan fingerprint density at radius 1 is 1.27 bits per heavy atom. The fourth-order valence-electron chi connectivity index (χ4n) is 5.56. The molecule has 26 heavy (non-hydrogen) atoms. The van der Waals surface area contributed by atoms with E-state index in [4.69, 9.17) is 9.16 Å². The van der Waals surface area contributed by atoms with E-state index in [1.54, 1.807) is 6.92 Å². The molecule has 0 aromatic carbocycles. The smallest absolute Gasteiger partial charge is 0.304 e. The summed E-state index contributed by atoms with van der Waals surface area (Å²) in [6, 6.07) is 0.518. The number of rotatable bonds is 6. The van der Waals surface area contributed by atoms with E-state index in [1.165, 1.54) is 32.1 Å². The van der Waals surface area contributed by atoms with Gasteiger partial charge in [0, 0.05) is 30.8 Å². The van der Waals surface area contributed by atoms with Crippen molar-refractivity contribution in [3.8, 4) is 0 Å². The Hall–Kier alpha value is -0.393. The van der Waals surface area contributed by atoms with Crippen LogP contribution in [-0.4, -0.2) is 43.1 Å². The molecule has 0 aliphatic carbocycles. The maximum atomic E-state index is 11.7. The third kappa shape index (κ3) is 3.28. The Labute approximate surface area is 161 Å². The fourth-order valence-corrected chi connectivity index (χ4v) is 6.93. The molecule has 3 aliphatic rings. The molecule has 3 rings (SSSR count). The number of carbonyl (C=O) groups is 1. The van der Waals surface area contributed by atoms with E-state index in [0.29, 0.717) is 18.1 Å². The second-order valence-corrected chi connectivity index (χ2v) is 15.1. The van der Waals surface area contributed by atoms with E-state index in [1.807, 2.05) is 0 Å². The Balaban J connectivity index is 1.89. The number of hydrogen-bond acceptors (Lipinski definition) is 4. The van der Waals surface area contributed by atoms with Gasteiger partial charge in [-0.05, 0) is 43.8 Å². The first-order valence-corrected chi connectivity index (χ1v) is 13.6. The summed E-state index contributed by atoms with van der Waals surface area (Å²) in [7, 11) is -1.81. The summed E-state index contributed by atoms with van der Waals surface area (Å²) < 4.78 is 12.8. The topological polar surface area (TPSA) is 38.8 Å². The van der Waals surface area contributed by atoms with Gasteiger partial charge in [0.05, 0.1) is 6.10 Å². The third-order valence-electron chi connectivity index (χ3n) is 7.74. The maximum absolute atomic E-state index is 11.7. The van der Waals surface area contributed by atoms with Crippen molar-refractivity contribution in [1.82, 2.24) is 4.90 Å². The van der Waals surface area contributed by atoms with Crippen LogP contribution in [0.5, 0.6) is 0 Å². The minimum atomic E-state index is -1.81. The van der Waals surface area contributed by atoms with Gasteiger partial charge in [-0.15, -0.1) is 0 Å². The Bertz CT molecular complexity index is 544. The molecule has 0 N–H and O–H groups in total. The number of unbranched alkanes of at least 4 members (excludes halogenated alkanes) is 1. The van der Waals surface area contributed by atoms with Crippen LogP contribution in [-0.2, 0) is 14.0 Å². The minimum Gasteiger partial charge on any atom is -0.446 e. The van der Waals surface area contributed by atoms with Crippen LogP contribution in [0.1, 0.15) is 79.6 Å². The van der Waals surface area contributed by atoms with Crippen LogP contribution in [0.15, 0.2) is 0 Å². The number of piperidine rings is 1. The summed E-state index contributed by atoms with van der Waals surface area (Å²) in [5.74, 6) is 0.362. The van der Waals surface area contributed by atoms with Crippen LogP contribution < -0.4 is 0 Å². The van der Waals surface area contributed by atoms with Crippen molar-refractivity contribution in [2.45, 2.75) is 122 Å². The van der Waals surface area contributed by atoms with Gasteiger partial charge in [-0.1, -0.05) is 40.5 Å². The molecule has 4 nitrogen and oxygen atoms in total. The van der Waals surface area contributed by atoms with Crippen LogP contribution in [0.4, 0.5) is 0 Å². The quantitative estimate of drug-likeness (QED) is 0.475. The fraction of sp³-hybridized carbons (Fsp3) is 0.952. The van der Waals surface area contributed by atoms with Gasteiger partial charge in [-0.25, -0.2) is 0 Å². The normalized spacial score (nSPS) is 39.3. The summed E-state index contributed by atoms with van der Waals surface area (Å²) in [5, 5.41) is 0.230. The van der Waals surface area contributed by atoms with Crippen LogP contribution in [0.3, 0.4) is 0 Å². The van der Waals surface area contributed by atoms with Gasteiger partial charge >= 0.3 is 5.97 Å². The van der Waals surface area contributed by atoms with E-state index in [-0.39, 0.29) is 22.8 Å². The Morgan fingerprint density at radius 2 is 1.96 bits per heavy atom. The maximum Gasteiger partial charge on any atom is 0.304 e. The van der Waals surface area contributed by atoms with Gasteiger partial charge in [0.2, 0.25) is 0 Å². The van der Waals surface area contributed by atoms with E-state index in [2.05, 4.69) is 45.7 Å². The molecule has 6 atom stereocenters. The molecule has 5 heteroatoms. The minimum absolute atomic E-state index is 0.0325. The second-order valence-electron chi connectivity index (χ2n) is 10.4. The largest absolute Gasteiger partial charge is 0.446 e. The van der Waals surface area contributed by atoms with Crippen molar-refractivity contribution in [2.24, 2.45) is 5.92 Å². The SMILES string of the molecule is CCCC[C@@]12CC[C@H]3C[C@@H](O[Si](C)(C)C(C)(C)C)[C@@H]1CC(OC(C)=O)N32. The van der Waals surface area contributed by atoms with Gasteiger partial charge < -0.3 is 9.16 Å². The van der Waals surface area contributed by atoms with Crippen LogP contribution in [0.2, 0.25) is 18.1 Å². The number of esters is 1. The van der Waals surface area contributed by atoms with Crippen LogP contribution in [0.25, 0.3) is 0 Å². The zero-order chi connectivity index (χ0) is 19.3. The standard InChI is InChI=1S/C21H39NO3Si/c1-8-9-11-21-12-10-16-13-18(25-26(6,7)20(3,4)5)17(21)14-19(22(16)21)24-15(2)23/h16-19H,8-14H2,1-7H3/t16-,17-,18+,19?,21+/m0/s1. The monoisotopic (exact) mass is 381 g/mol. The molecule has 0 aromatic heterocycles. The molecule has 3 saturated heterocycles. The molecular weight excluding hydrogens is 342 g/mol. The van der Waals surface area contributed by atoms with E-state index in [0.717, 1.165) is 12.8 Å². The Kier molecular flexibility index (Phi) is 5.39. The average Bonchev–Trinajstić information content (AvgIpc) is 2.90. The molecule has 0 amide bonds. The van der Waals surface area contributed by atoms with Gasteiger partial charge in [-0.3, -0.25) is 9.69 Å². The summed E-state index contributed by atoms with van der Waals surface area (Å²) in [4.78, 5) is 14.3. The van der Waals surface area contributed by atoms with Crippen molar-refractivity contribution >= 4 is 14.3 Å². The van der Waals surface area contributed by atoms with Crippen LogP contribution >= 0.6 is 0 Å². The van der Waals surface area contributed by atoms with Crippen molar-refractivity contribution < 1.29 is 14.0 Å². The number of nitrogens with zero attached hydrogens (tertiary/aromatic N) is 1. The Morgan fingerprint density at radius 3 is 2.54 bits per heavy atom. The lowest BCUT2D eigenvalue weighted by Crippen LogP contribution is -2.58. The molecular formula is C21H39NO3Si. The average molecular weight is 382 g/mol. The van der Waals surface area contributed by atoms with Crippen LogP contribution in [0, 0.1) is 5.92 Å². The third-order valence-corrected chi connectivity index (χ3v) is 12.2. The van der Waals surface area contributed by atoms with E-state index in [9.17, 15) is 4.79 Å². The van der Waals surface area contributed by atoms with Crippen molar-refractivity contribution in [3.63, 3.8) is 0 Å². The molecule has 0 saturated carbocycles. The van der Waals surface area contributed by atoms with Gasteiger partial charge in [0.25, 0.3) is 0 Å². The molecule has 4 bridgehead atoms. The summed E-state index contributed by atoms with van der Waals surface area (Å²) in [6.07, 6.45) is 8.54. The first-order valence-electron chi connectivity index (χ1n) is 10.7. The lowest BCUT2D eigenvalue weighted by atomic mass is 9.75. The van der Waals surface area contributed by atoms with Gasteiger partial charge in [0.1, 0.15) is 0 Å². The highest BCUT2D eigenvalue weighted by Crippen LogP contribution is 2.59. The predicted molar refractivity (Wildman–Crippen MR) is 107 cm³/mol. The highest BCUT2D eigenvalue weighted by molar-refractivity contribution is 6.74. The molecule has 0 aromatic rings. The van der Waals surface area contributed by atoms with Crippen molar-refractivity contribution in [2.75, 3.05) is 0 Å². The lowest BCUT2D eigenvalue weighted by molar-refractivity contribution is -0.159. The van der Waals surface area contributed by atoms with Crippen molar-refractivity contribution in [3.05, 3.63) is 0 Å². The summed E-state index contributed by atoms with van der Waals surface area (Å²) in [5.41, 5.74) is 0.200. The molecule has 2 unspecified atom stereocenters. The molecule has 0 radical (unpaired) electrons. The zero-order valence-corrected chi connectivity index (χ0v) is 18.9. The van der Waals surface area contributed by atoms with E-state index >= 15 is 0 Å². The molecule has 3 fully saturated rings. The highest BCUT2D eigenvalue weighted by atomic mass is 28.4. The lowest BCUT2D eigenvalue weighted by Gasteiger charge is -2.50. The van der Waals surface area contributed by atoms with Gasteiger partial charge in [0.15, 0.2) is 14.5 Å². The highest BCUT2D eigenvalue weighted by Gasteiger charge is 2.65. The molecule has 3 heterocycles. The number of hydrogen-bond donors (Lipinski definition) is 0. The second kappa shape index (κ2) is 6.89. The van der Waals surface area contributed by atoms with Crippen molar-refractivity contribution in [1.29, 1.82) is 0 Å². The first-order chi connectivity index (χ1) is 12.0. The molecule has 3 aliphatic heterocycles. The number of ether oxygens (including phenoxy) is 1. The number of carbonyl (C=O) groups excluding carboxylic acids is 1. The molecule has 0 spiro atoms. The van der Waals surface area contributed by atoms with Gasteiger partial charge in [-0.2, -0.15) is 0 Å². The summed E-state index contributed by atoms with van der Waals surface area (Å²) in [6.45, 7) is 15.5. The summed E-state index contributed by atoms with van der Waals surface area (Å²) >= 11 is 0.